The first kappa shape index (κ1) is 13.4. The Labute approximate surface area is 118 Å². The van der Waals surface area contributed by atoms with Crippen molar-refractivity contribution in [2.75, 3.05) is 5.32 Å². The summed E-state index contributed by atoms with van der Waals surface area (Å²) in [5.74, 6) is 0.0326. The highest BCUT2D eigenvalue weighted by atomic mass is 32.1. The third-order valence-corrected chi connectivity index (χ3v) is 3.00. The van der Waals surface area contributed by atoms with Crippen LogP contribution in [0, 0.1) is 6.92 Å². The number of aryl methyl sites for hydroxylation is 1. The highest BCUT2D eigenvalue weighted by Gasteiger charge is 2.08. The molecular weight excluding hydrogens is 254 g/mol. The van der Waals surface area contributed by atoms with E-state index in [4.69, 9.17) is 12.2 Å². The average Bonchev–Trinajstić information content (AvgIpc) is 2.42. The zero-order valence-corrected chi connectivity index (χ0v) is 11.5. The van der Waals surface area contributed by atoms with Crippen molar-refractivity contribution >= 4 is 28.7 Å². The van der Waals surface area contributed by atoms with Gasteiger partial charge in [-0.05, 0) is 19.1 Å². The molecule has 0 aliphatic heterocycles. The number of hydrogen-bond donors (Lipinski definition) is 1. The van der Waals surface area contributed by atoms with Gasteiger partial charge in [-0.3, -0.25) is 4.79 Å². The molecule has 0 heterocycles. The van der Waals surface area contributed by atoms with E-state index in [0.717, 1.165) is 5.69 Å². The van der Waals surface area contributed by atoms with Crippen molar-refractivity contribution in [1.29, 1.82) is 0 Å². The molecule has 2 aromatic carbocycles. The number of thiocarbonyl (C=S) groups is 1. The summed E-state index contributed by atoms with van der Waals surface area (Å²) in [6, 6.07) is 17.1. The van der Waals surface area contributed by atoms with Crippen LogP contribution in [0.25, 0.3) is 0 Å². The lowest BCUT2D eigenvalue weighted by Gasteiger charge is -2.07. The third-order valence-electron chi connectivity index (χ3n) is 2.75. The smallest absolute Gasteiger partial charge is 0.169 e. The summed E-state index contributed by atoms with van der Waals surface area (Å²) in [5, 5.41) is 3.08. The van der Waals surface area contributed by atoms with E-state index in [1.165, 1.54) is 5.56 Å². The van der Waals surface area contributed by atoms with Crippen molar-refractivity contribution < 1.29 is 4.79 Å². The van der Waals surface area contributed by atoms with E-state index in [-0.39, 0.29) is 12.2 Å². The molecule has 19 heavy (non-hydrogen) atoms. The molecular formula is C16H15NOS. The quantitative estimate of drug-likeness (QED) is 0.671. The zero-order valence-electron chi connectivity index (χ0n) is 10.7. The van der Waals surface area contributed by atoms with Crippen molar-refractivity contribution in [2.24, 2.45) is 0 Å². The van der Waals surface area contributed by atoms with E-state index in [0.29, 0.717) is 10.6 Å². The van der Waals surface area contributed by atoms with E-state index >= 15 is 0 Å². The summed E-state index contributed by atoms with van der Waals surface area (Å²) >= 11 is 5.21. The monoisotopic (exact) mass is 269 g/mol. The van der Waals surface area contributed by atoms with E-state index in [1.54, 1.807) is 12.1 Å². The van der Waals surface area contributed by atoms with E-state index < -0.39 is 0 Å². The Morgan fingerprint density at radius 1 is 1.05 bits per heavy atom. The second-order valence-corrected chi connectivity index (χ2v) is 4.87. The molecule has 0 aliphatic rings. The second kappa shape index (κ2) is 6.25. The van der Waals surface area contributed by atoms with Gasteiger partial charge in [0.25, 0.3) is 0 Å². The minimum absolute atomic E-state index is 0.0326. The lowest BCUT2D eigenvalue weighted by molar-refractivity contribution is 0.100. The maximum atomic E-state index is 12.0. The Bertz CT molecular complexity index is 575. The standard InChI is InChI=1S/C16H15NOS/c1-12-7-9-14(10-8-12)17-16(19)11-15(18)13-5-3-2-4-6-13/h2-10H,11H2,1H3,(H,17,19). The normalized spacial score (nSPS) is 9.95. The fourth-order valence-corrected chi connectivity index (χ4v) is 1.96. The molecule has 96 valence electrons. The topological polar surface area (TPSA) is 29.1 Å². The van der Waals surface area contributed by atoms with Crippen LogP contribution in [0.5, 0.6) is 0 Å². The number of hydrogen-bond acceptors (Lipinski definition) is 2. The van der Waals surface area contributed by atoms with E-state index in [2.05, 4.69) is 5.32 Å². The van der Waals surface area contributed by atoms with Gasteiger partial charge in [0, 0.05) is 11.3 Å². The molecule has 0 saturated heterocycles. The van der Waals surface area contributed by atoms with Gasteiger partial charge in [0.15, 0.2) is 5.78 Å². The first-order valence-electron chi connectivity index (χ1n) is 6.10. The van der Waals surface area contributed by atoms with Gasteiger partial charge in [-0.2, -0.15) is 0 Å². The molecule has 0 aliphatic carbocycles. The van der Waals surface area contributed by atoms with Gasteiger partial charge < -0.3 is 5.32 Å². The molecule has 0 spiro atoms. The Hall–Kier alpha value is -2.00. The van der Waals surface area contributed by atoms with Crippen LogP contribution in [-0.4, -0.2) is 10.8 Å². The second-order valence-electron chi connectivity index (χ2n) is 4.38. The molecule has 1 N–H and O–H groups in total. The molecule has 0 atom stereocenters. The van der Waals surface area contributed by atoms with Crippen LogP contribution >= 0.6 is 12.2 Å². The summed E-state index contributed by atoms with van der Waals surface area (Å²) in [6.07, 6.45) is 0.229. The number of benzene rings is 2. The zero-order chi connectivity index (χ0) is 13.7. The number of rotatable bonds is 4. The lowest BCUT2D eigenvalue weighted by Crippen LogP contribution is -2.14. The Kier molecular flexibility index (Phi) is 4.42. The van der Waals surface area contributed by atoms with Crippen molar-refractivity contribution in [3.8, 4) is 0 Å². The predicted octanol–water partition coefficient (Wildman–Crippen LogP) is 4.01. The van der Waals surface area contributed by atoms with Crippen molar-refractivity contribution in [3.63, 3.8) is 0 Å². The average molecular weight is 269 g/mol. The molecule has 0 bridgehead atoms. The highest BCUT2D eigenvalue weighted by Crippen LogP contribution is 2.11. The SMILES string of the molecule is Cc1ccc(NC(=S)CC(=O)c2ccccc2)cc1. The summed E-state index contributed by atoms with van der Waals surface area (Å²) in [7, 11) is 0. The first-order valence-corrected chi connectivity index (χ1v) is 6.51. The summed E-state index contributed by atoms with van der Waals surface area (Å²) in [5.41, 5.74) is 2.80. The molecule has 0 unspecified atom stereocenters. The number of carbonyl (C=O) groups is 1. The first-order chi connectivity index (χ1) is 9.15. The number of carbonyl (C=O) groups excluding carboxylic acids is 1. The molecule has 0 fully saturated rings. The Morgan fingerprint density at radius 2 is 1.68 bits per heavy atom. The molecule has 2 rings (SSSR count). The molecule has 2 nitrogen and oxygen atoms in total. The highest BCUT2D eigenvalue weighted by molar-refractivity contribution is 7.80. The molecule has 0 aromatic heterocycles. The van der Waals surface area contributed by atoms with Crippen molar-refractivity contribution in [3.05, 3.63) is 65.7 Å². The van der Waals surface area contributed by atoms with Crippen LogP contribution < -0.4 is 5.32 Å². The molecule has 3 heteroatoms. The number of anilines is 1. The van der Waals surface area contributed by atoms with Gasteiger partial charge in [0.2, 0.25) is 0 Å². The predicted molar refractivity (Wildman–Crippen MR) is 82.8 cm³/mol. The van der Waals surface area contributed by atoms with E-state index in [1.807, 2.05) is 49.4 Å². The van der Waals surface area contributed by atoms with Crippen LogP contribution in [0.3, 0.4) is 0 Å². The van der Waals surface area contributed by atoms with Gasteiger partial charge >= 0.3 is 0 Å². The fourth-order valence-electron chi connectivity index (χ4n) is 1.71. The van der Waals surface area contributed by atoms with Crippen LogP contribution in [0.1, 0.15) is 22.3 Å². The molecule has 0 saturated carbocycles. The maximum Gasteiger partial charge on any atom is 0.169 e. The van der Waals surface area contributed by atoms with Crippen LogP contribution in [0.2, 0.25) is 0 Å². The van der Waals surface area contributed by atoms with Gasteiger partial charge in [-0.25, -0.2) is 0 Å². The lowest BCUT2D eigenvalue weighted by atomic mass is 10.1. The minimum Gasteiger partial charge on any atom is -0.350 e. The number of Topliss-reactive ketones (excluding diaryl/α,β-unsaturated/α-hetero) is 1. The summed E-state index contributed by atoms with van der Waals surface area (Å²) in [6.45, 7) is 2.03. The number of nitrogens with one attached hydrogen (secondary N) is 1. The van der Waals surface area contributed by atoms with Gasteiger partial charge in [-0.15, -0.1) is 0 Å². The third kappa shape index (κ3) is 4.00. The minimum atomic E-state index is 0.0326. The van der Waals surface area contributed by atoms with Gasteiger partial charge in [-0.1, -0.05) is 60.2 Å². The van der Waals surface area contributed by atoms with Crippen molar-refractivity contribution in [1.82, 2.24) is 0 Å². The Balaban J connectivity index is 1.95. The largest absolute Gasteiger partial charge is 0.350 e. The van der Waals surface area contributed by atoms with Gasteiger partial charge in [0.05, 0.1) is 11.4 Å². The van der Waals surface area contributed by atoms with Crippen molar-refractivity contribution in [2.45, 2.75) is 13.3 Å². The maximum absolute atomic E-state index is 12.0. The summed E-state index contributed by atoms with van der Waals surface area (Å²) in [4.78, 5) is 12.5. The number of ketones is 1. The summed E-state index contributed by atoms with van der Waals surface area (Å²) < 4.78 is 0. The van der Waals surface area contributed by atoms with Crippen LogP contribution in [0.15, 0.2) is 54.6 Å². The molecule has 2 aromatic rings. The van der Waals surface area contributed by atoms with E-state index in [9.17, 15) is 4.79 Å². The Morgan fingerprint density at radius 3 is 2.32 bits per heavy atom. The van der Waals surface area contributed by atoms with Crippen LogP contribution in [0.4, 0.5) is 5.69 Å². The fraction of sp³-hybridized carbons (Fsp3) is 0.125. The molecule has 0 radical (unpaired) electrons. The van der Waals surface area contributed by atoms with Gasteiger partial charge in [0.1, 0.15) is 0 Å². The van der Waals surface area contributed by atoms with Crippen LogP contribution in [-0.2, 0) is 0 Å². The molecule has 0 amide bonds.